The number of ether oxygens (including phenoxy) is 1. The zero-order chi connectivity index (χ0) is 19.1. The van der Waals surface area contributed by atoms with Gasteiger partial charge >= 0.3 is 0 Å². The van der Waals surface area contributed by atoms with Crippen LogP contribution in [0.15, 0.2) is 48.0 Å². The van der Waals surface area contributed by atoms with E-state index in [0.717, 1.165) is 0 Å². The van der Waals surface area contributed by atoms with Gasteiger partial charge in [-0.15, -0.1) is 0 Å². The number of aryl methyl sites for hydroxylation is 1. The summed E-state index contributed by atoms with van der Waals surface area (Å²) in [6.07, 6.45) is 1.83. The summed E-state index contributed by atoms with van der Waals surface area (Å²) in [6.45, 7) is 1.82. The predicted molar refractivity (Wildman–Crippen MR) is 97.7 cm³/mol. The molecule has 2 rings (SSSR count). The average Bonchev–Trinajstić information content (AvgIpc) is 2.66. The first-order valence-electron chi connectivity index (χ1n) is 7.83. The van der Waals surface area contributed by atoms with Crippen LogP contribution in [0.4, 0.5) is 11.4 Å². The first kappa shape index (κ1) is 18.7. The molecule has 1 amide bonds. The third-order valence-corrected chi connectivity index (χ3v) is 3.72. The Morgan fingerprint density at radius 2 is 2.08 bits per heavy atom. The van der Waals surface area contributed by atoms with Crippen molar-refractivity contribution in [2.75, 3.05) is 12.4 Å². The van der Waals surface area contributed by atoms with Gasteiger partial charge in [0.05, 0.1) is 17.7 Å². The van der Waals surface area contributed by atoms with Gasteiger partial charge in [-0.05, 0) is 30.2 Å². The van der Waals surface area contributed by atoms with E-state index >= 15 is 0 Å². The molecule has 2 aromatic carbocycles. The fourth-order valence-corrected chi connectivity index (χ4v) is 2.39. The van der Waals surface area contributed by atoms with Gasteiger partial charge in [-0.3, -0.25) is 14.9 Å². The van der Waals surface area contributed by atoms with Gasteiger partial charge in [0.25, 0.3) is 11.6 Å². The molecule has 1 N–H and O–H groups in total. The van der Waals surface area contributed by atoms with Crippen molar-refractivity contribution in [2.45, 2.75) is 13.3 Å². The van der Waals surface area contributed by atoms with Crippen LogP contribution < -0.4 is 10.1 Å². The number of carbonyl (C=O) groups excluding carboxylic acids is 1. The maximum Gasteiger partial charge on any atom is 0.273 e. The molecule has 0 aliphatic heterocycles. The van der Waals surface area contributed by atoms with Crippen molar-refractivity contribution in [3.05, 3.63) is 69.3 Å². The summed E-state index contributed by atoms with van der Waals surface area (Å²) in [7, 11) is 1.47. The highest BCUT2D eigenvalue weighted by Crippen LogP contribution is 2.25. The largest absolute Gasteiger partial charge is 0.495 e. The summed E-state index contributed by atoms with van der Waals surface area (Å²) in [5.74, 6) is -0.166. The highest BCUT2D eigenvalue weighted by Gasteiger charge is 2.15. The molecule has 0 aliphatic rings. The van der Waals surface area contributed by atoms with Crippen molar-refractivity contribution in [1.82, 2.24) is 0 Å². The van der Waals surface area contributed by atoms with Gasteiger partial charge < -0.3 is 10.1 Å². The number of para-hydroxylation sites is 2. The normalized spacial score (nSPS) is 10.7. The molecular weight excluding hydrogens is 334 g/mol. The number of nitro groups is 1. The van der Waals surface area contributed by atoms with Gasteiger partial charge in [-0.25, -0.2) is 0 Å². The van der Waals surface area contributed by atoms with Crippen LogP contribution >= 0.6 is 0 Å². The Hall–Kier alpha value is -3.66. The second-order valence-electron chi connectivity index (χ2n) is 5.32. The Kier molecular flexibility index (Phi) is 6.06. The second kappa shape index (κ2) is 8.44. The highest BCUT2D eigenvalue weighted by atomic mass is 16.6. The molecular formula is C19H17N3O4. The molecule has 7 heteroatoms. The third kappa shape index (κ3) is 4.24. The van der Waals surface area contributed by atoms with E-state index in [4.69, 9.17) is 4.74 Å². The fraction of sp³-hybridized carbons (Fsp3) is 0.158. The molecule has 0 atom stereocenters. The van der Waals surface area contributed by atoms with Gasteiger partial charge in [0.15, 0.2) is 0 Å². The van der Waals surface area contributed by atoms with Crippen LogP contribution in [0.2, 0.25) is 0 Å². The van der Waals surface area contributed by atoms with E-state index in [1.54, 1.807) is 36.4 Å². The molecule has 26 heavy (non-hydrogen) atoms. The zero-order valence-electron chi connectivity index (χ0n) is 14.4. The number of nitrogens with zero attached hydrogens (tertiary/aromatic N) is 2. The van der Waals surface area contributed by atoms with Gasteiger partial charge in [0.2, 0.25) is 0 Å². The SMILES string of the molecule is CCc1ccc(/C=C(/C#N)C(=O)Nc2ccccc2OC)cc1[N+](=O)[O-]. The lowest BCUT2D eigenvalue weighted by Crippen LogP contribution is -2.14. The number of amides is 1. The number of carbonyl (C=O) groups is 1. The maximum absolute atomic E-state index is 12.4. The Balaban J connectivity index is 2.33. The van der Waals surface area contributed by atoms with Crippen molar-refractivity contribution >= 4 is 23.4 Å². The molecule has 0 bridgehead atoms. The lowest BCUT2D eigenvalue weighted by Gasteiger charge is -2.09. The number of methoxy groups -OCH3 is 1. The second-order valence-corrected chi connectivity index (χ2v) is 5.32. The molecule has 0 fully saturated rings. The predicted octanol–water partition coefficient (Wildman–Crippen LogP) is 3.71. The summed E-state index contributed by atoms with van der Waals surface area (Å²) in [5, 5.41) is 23.1. The highest BCUT2D eigenvalue weighted by molar-refractivity contribution is 6.10. The van der Waals surface area contributed by atoms with E-state index in [-0.39, 0.29) is 11.3 Å². The number of nitro benzene ring substituents is 1. The monoisotopic (exact) mass is 351 g/mol. The van der Waals surface area contributed by atoms with E-state index in [1.807, 2.05) is 13.0 Å². The maximum atomic E-state index is 12.4. The molecule has 0 heterocycles. The van der Waals surface area contributed by atoms with E-state index in [0.29, 0.717) is 29.0 Å². The number of nitrogens with one attached hydrogen (secondary N) is 1. The smallest absolute Gasteiger partial charge is 0.273 e. The van der Waals surface area contributed by atoms with Crippen LogP contribution in [0, 0.1) is 21.4 Å². The van der Waals surface area contributed by atoms with E-state index in [9.17, 15) is 20.2 Å². The quantitative estimate of drug-likeness (QED) is 0.370. The minimum absolute atomic E-state index is 0.0383. The number of rotatable bonds is 6. The average molecular weight is 351 g/mol. The molecule has 0 radical (unpaired) electrons. The van der Waals surface area contributed by atoms with Gasteiger partial charge in [-0.2, -0.15) is 5.26 Å². The van der Waals surface area contributed by atoms with Crippen molar-refractivity contribution < 1.29 is 14.5 Å². The number of nitriles is 1. The summed E-state index contributed by atoms with van der Waals surface area (Å²) in [5.41, 5.74) is 1.20. The minimum atomic E-state index is -0.626. The molecule has 0 unspecified atom stereocenters. The van der Waals surface area contributed by atoms with Crippen molar-refractivity contribution in [2.24, 2.45) is 0 Å². The number of benzene rings is 2. The lowest BCUT2D eigenvalue weighted by molar-refractivity contribution is -0.385. The molecule has 7 nitrogen and oxygen atoms in total. The van der Waals surface area contributed by atoms with Crippen LogP contribution in [0.25, 0.3) is 6.08 Å². The summed E-state index contributed by atoms with van der Waals surface area (Å²) < 4.78 is 5.15. The molecule has 132 valence electrons. The topological polar surface area (TPSA) is 105 Å². The first-order valence-corrected chi connectivity index (χ1v) is 7.83. The van der Waals surface area contributed by atoms with Gasteiger partial charge in [-0.1, -0.05) is 31.2 Å². The first-order chi connectivity index (χ1) is 12.5. The fourth-order valence-electron chi connectivity index (χ4n) is 2.39. The Bertz CT molecular complexity index is 913. The van der Waals surface area contributed by atoms with Crippen LogP contribution in [0.1, 0.15) is 18.1 Å². The Morgan fingerprint density at radius 3 is 2.69 bits per heavy atom. The van der Waals surface area contributed by atoms with Gasteiger partial charge in [0, 0.05) is 11.6 Å². The number of hydrogen-bond acceptors (Lipinski definition) is 5. The van der Waals surface area contributed by atoms with Crippen LogP contribution in [0.5, 0.6) is 5.75 Å². The minimum Gasteiger partial charge on any atom is -0.495 e. The van der Waals surface area contributed by atoms with Crippen LogP contribution in [-0.2, 0) is 11.2 Å². The standard InChI is InChI=1S/C19H17N3O4/c1-3-14-9-8-13(11-17(14)22(24)25)10-15(12-20)19(23)21-16-6-4-5-7-18(16)26-2/h4-11H,3H2,1-2H3,(H,21,23)/b15-10-. The Morgan fingerprint density at radius 1 is 1.35 bits per heavy atom. The third-order valence-electron chi connectivity index (χ3n) is 3.72. The van der Waals surface area contributed by atoms with Crippen molar-refractivity contribution in [3.8, 4) is 11.8 Å². The van der Waals surface area contributed by atoms with E-state index < -0.39 is 10.8 Å². The summed E-state index contributed by atoms with van der Waals surface area (Å²) >= 11 is 0. The molecule has 0 aliphatic carbocycles. The zero-order valence-corrected chi connectivity index (χ0v) is 14.4. The molecule has 2 aromatic rings. The Labute approximate surface area is 150 Å². The van der Waals surface area contributed by atoms with E-state index in [1.165, 1.54) is 19.3 Å². The van der Waals surface area contributed by atoms with Crippen LogP contribution in [-0.4, -0.2) is 17.9 Å². The molecule has 0 aromatic heterocycles. The van der Waals surface area contributed by atoms with Crippen molar-refractivity contribution in [1.29, 1.82) is 5.26 Å². The lowest BCUT2D eigenvalue weighted by atomic mass is 10.0. The number of hydrogen-bond donors (Lipinski definition) is 1. The van der Waals surface area contributed by atoms with Gasteiger partial charge in [0.1, 0.15) is 17.4 Å². The van der Waals surface area contributed by atoms with E-state index in [2.05, 4.69) is 5.32 Å². The van der Waals surface area contributed by atoms with Crippen LogP contribution in [0.3, 0.4) is 0 Å². The summed E-state index contributed by atoms with van der Waals surface area (Å²) in [6, 6.07) is 13.2. The molecule has 0 saturated heterocycles. The summed E-state index contributed by atoms with van der Waals surface area (Å²) in [4.78, 5) is 23.1. The molecule has 0 saturated carbocycles. The molecule has 0 spiro atoms. The van der Waals surface area contributed by atoms with Crippen molar-refractivity contribution in [3.63, 3.8) is 0 Å². The number of anilines is 1.